The Kier molecular flexibility index (Phi) is 5.53. The molecule has 2 heterocycles. The fraction of sp³-hybridized carbons (Fsp3) is 0.250. The van der Waals surface area contributed by atoms with Crippen molar-refractivity contribution in [2.45, 2.75) is 38.7 Å². The fourth-order valence-electron chi connectivity index (χ4n) is 3.84. The van der Waals surface area contributed by atoms with Gasteiger partial charge in [-0.15, -0.1) is 0 Å². The van der Waals surface area contributed by atoms with E-state index in [0.717, 1.165) is 12.1 Å². The van der Waals surface area contributed by atoms with Crippen molar-refractivity contribution in [2.24, 2.45) is 0 Å². The standard InChI is InChI=1S/C24H21F3N2O4/c1-23(2)11-14(18-6-4-16(24(25,26)27)9-20(18)33-23)8-21(31)28-17-5-3-13-7-15(12-30)22(32)29-19(13)10-17/h3-10,30H,11-12H2,1-2H3,(H,28,31)(H,29,32). The number of rotatable bonds is 3. The van der Waals surface area contributed by atoms with Crippen LogP contribution in [0, 0.1) is 0 Å². The number of fused-ring (bicyclic) bond motifs is 2. The Balaban J connectivity index is 1.64. The van der Waals surface area contributed by atoms with Crippen LogP contribution in [0.3, 0.4) is 0 Å². The molecule has 1 amide bonds. The summed E-state index contributed by atoms with van der Waals surface area (Å²) in [4.78, 5) is 27.3. The van der Waals surface area contributed by atoms with E-state index in [-0.39, 0.29) is 17.9 Å². The van der Waals surface area contributed by atoms with Crippen molar-refractivity contribution in [3.63, 3.8) is 0 Å². The lowest BCUT2D eigenvalue weighted by Crippen LogP contribution is -2.32. The van der Waals surface area contributed by atoms with Crippen LogP contribution in [-0.2, 0) is 17.6 Å². The number of nitrogens with one attached hydrogen (secondary N) is 2. The Hall–Kier alpha value is -3.59. The molecule has 1 aliphatic rings. The SMILES string of the molecule is CC1(C)CC(=CC(=O)Nc2ccc3cc(CO)c(=O)[nH]c3c2)c2ccc(C(F)(F)F)cc2O1. The number of pyridine rings is 1. The molecule has 0 unspecified atom stereocenters. The number of anilines is 1. The quantitative estimate of drug-likeness (QED) is 0.500. The lowest BCUT2D eigenvalue weighted by atomic mass is 9.88. The third-order valence-electron chi connectivity index (χ3n) is 5.32. The monoisotopic (exact) mass is 458 g/mol. The third-order valence-corrected chi connectivity index (χ3v) is 5.32. The number of aliphatic hydroxyl groups is 1. The lowest BCUT2D eigenvalue weighted by Gasteiger charge is -2.34. The van der Waals surface area contributed by atoms with Gasteiger partial charge < -0.3 is 20.1 Å². The smallest absolute Gasteiger partial charge is 0.416 e. The van der Waals surface area contributed by atoms with Crippen LogP contribution in [0.2, 0.25) is 0 Å². The average Bonchev–Trinajstić information content (AvgIpc) is 2.71. The number of hydrogen-bond donors (Lipinski definition) is 3. The minimum Gasteiger partial charge on any atom is -0.487 e. The number of aromatic amines is 1. The van der Waals surface area contributed by atoms with Gasteiger partial charge in [0.2, 0.25) is 5.91 Å². The third kappa shape index (κ3) is 4.78. The Morgan fingerprint density at radius 2 is 1.97 bits per heavy atom. The molecule has 6 nitrogen and oxygen atoms in total. The van der Waals surface area contributed by atoms with Crippen molar-refractivity contribution in [3.8, 4) is 5.75 Å². The second-order valence-corrected chi connectivity index (χ2v) is 8.49. The maximum Gasteiger partial charge on any atom is 0.416 e. The first-order valence-corrected chi connectivity index (χ1v) is 10.1. The van der Waals surface area contributed by atoms with Gasteiger partial charge in [-0.1, -0.05) is 12.1 Å². The van der Waals surface area contributed by atoms with Gasteiger partial charge in [-0.3, -0.25) is 9.59 Å². The van der Waals surface area contributed by atoms with Crippen LogP contribution < -0.4 is 15.6 Å². The molecule has 4 rings (SSSR count). The van der Waals surface area contributed by atoms with Gasteiger partial charge in [-0.05, 0) is 55.1 Å². The highest BCUT2D eigenvalue weighted by molar-refractivity contribution is 6.05. The predicted molar refractivity (Wildman–Crippen MR) is 118 cm³/mol. The molecule has 3 N–H and O–H groups in total. The fourth-order valence-corrected chi connectivity index (χ4v) is 3.84. The van der Waals surface area contributed by atoms with Gasteiger partial charge in [0, 0.05) is 29.3 Å². The molecule has 0 saturated carbocycles. The molecule has 0 radical (unpaired) electrons. The van der Waals surface area contributed by atoms with Gasteiger partial charge in [0.15, 0.2) is 0 Å². The summed E-state index contributed by atoms with van der Waals surface area (Å²) < 4.78 is 45.1. The molecule has 0 saturated heterocycles. The molecule has 0 bridgehead atoms. The first-order valence-electron chi connectivity index (χ1n) is 10.1. The number of halogens is 3. The van der Waals surface area contributed by atoms with E-state index in [1.807, 2.05) is 0 Å². The minimum atomic E-state index is -4.50. The summed E-state index contributed by atoms with van der Waals surface area (Å²) in [6.07, 6.45) is -2.83. The van der Waals surface area contributed by atoms with Gasteiger partial charge in [0.05, 0.1) is 17.7 Å². The zero-order chi connectivity index (χ0) is 24.0. The van der Waals surface area contributed by atoms with E-state index in [1.165, 1.54) is 12.1 Å². The number of alkyl halides is 3. The molecule has 0 atom stereocenters. The number of carbonyl (C=O) groups is 1. The first-order chi connectivity index (χ1) is 15.4. The van der Waals surface area contributed by atoms with E-state index < -0.39 is 28.8 Å². The van der Waals surface area contributed by atoms with Gasteiger partial charge >= 0.3 is 6.18 Å². The molecule has 1 aliphatic heterocycles. The lowest BCUT2D eigenvalue weighted by molar-refractivity contribution is -0.137. The number of amides is 1. The summed E-state index contributed by atoms with van der Waals surface area (Å²) in [5, 5.41) is 12.6. The summed E-state index contributed by atoms with van der Waals surface area (Å²) in [5.74, 6) is -0.398. The summed E-state index contributed by atoms with van der Waals surface area (Å²) >= 11 is 0. The van der Waals surface area contributed by atoms with Crippen molar-refractivity contribution in [3.05, 3.63) is 75.6 Å². The van der Waals surface area contributed by atoms with Crippen LogP contribution in [0.5, 0.6) is 5.75 Å². The Morgan fingerprint density at radius 1 is 1.21 bits per heavy atom. The Bertz CT molecular complexity index is 1340. The molecule has 1 aromatic heterocycles. The highest BCUT2D eigenvalue weighted by atomic mass is 19.4. The number of ether oxygens (including phenoxy) is 1. The second kappa shape index (κ2) is 8.08. The molecule has 3 aromatic rings. The molecular weight excluding hydrogens is 437 g/mol. The van der Waals surface area contributed by atoms with Crippen molar-refractivity contribution in [1.29, 1.82) is 0 Å². The highest BCUT2D eigenvalue weighted by Crippen LogP contribution is 2.43. The van der Waals surface area contributed by atoms with E-state index in [0.29, 0.717) is 34.1 Å². The van der Waals surface area contributed by atoms with Gasteiger partial charge in [0.25, 0.3) is 5.56 Å². The predicted octanol–water partition coefficient (Wildman–Crippen LogP) is 4.62. The molecule has 172 valence electrons. The summed E-state index contributed by atoms with van der Waals surface area (Å²) in [6.45, 7) is 3.09. The number of hydrogen-bond acceptors (Lipinski definition) is 4. The molecule has 0 aliphatic carbocycles. The second-order valence-electron chi connectivity index (χ2n) is 8.49. The molecule has 0 spiro atoms. The zero-order valence-corrected chi connectivity index (χ0v) is 17.8. The number of carbonyl (C=O) groups excluding carboxylic acids is 1. The van der Waals surface area contributed by atoms with E-state index >= 15 is 0 Å². The largest absolute Gasteiger partial charge is 0.487 e. The van der Waals surface area contributed by atoms with Crippen LogP contribution in [0.25, 0.3) is 16.5 Å². The number of H-pyrrole nitrogens is 1. The minimum absolute atomic E-state index is 0.0723. The van der Waals surface area contributed by atoms with Crippen molar-refractivity contribution >= 4 is 28.1 Å². The zero-order valence-electron chi connectivity index (χ0n) is 17.8. The summed E-state index contributed by atoms with van der Waals surface area (Å²) in [5.41, 5.74) is 0.0863. The first kappa shape index (κ1) is 22.6. The Labute approximate surface area is 186 Å². The molecule has 0 fully saturated rings. The van der Waals surface area contributed by atoms with Crippen LogP contribution in [-0.4, -0.2) is 21.6 Å². The summed E-state index contributed by atoms with van der Waals surface area (Å²) in [6, 6.07) is 9.72. The average molecular weight is 458 g/mol. The van der Waals surface area contributed by atoms with Crippen LogP contribution in [0.4, 0.5) is 18.9 Å². The molecule has 33 heavy (non-hydrogen) atoms. The van der Waals surface area contributed by atoms with Gasteiger partial charge in [-0.2, -0.15) is 13.2 Å². The van der Waals surface area contributed by atoms with Gasteiger partial charge in [-0.25, -0.2) is 0 Å². The maximum absolute atomic E-state index is 13.1. The topological polar surface area (TPSA) is 91.4 Å². The van der Waals surface area contributed by atoms with Crippen LogP contribution in [0.1, 0.15) is 37.0 Å². The van der Waals surface area contributed by atoms with Crippen molar-refractivity contribution in [1.82, 2.24) is 4.98 Å². The summed E-state index contributed by atoms with van der Waals surface area (Å²) in [7, 11) is 0. The number of benzene rings is 2. The molecule has 2 aromatic carbocycles. The number of aromatic nitrogens is 1. The molecular formula is C24H21F3N2O4. The van der Waals surface area contributed by atoms with Crippen LogP contribution in [0.15, 0.2) is 53.3 Å². The highest BCUT2D eigenvalue weighted by Gasteiger charge is 2.35. The van der Waals surface area contributed by atoms with Crippen LogP contribution >= 0.6 is 0 Å². The van der Waals surface area contributed by atoms with Crippen molar-refractivity contribution < 1.29 is 27.8 Å². The van der Waals surface area contributed by atoms with Crippen molar-refractivity contribution in [2.75, 3.05) is 5.32 Å². The van der Waals surface area contributed by atoms with E-state index in [4.69, 9.17) is 4.74 Å². The number of aliphatic hydroxyl groups excluding tert-OH is 1. The normalized spacial score (nSPS) is 16.4. The van der Waals surface area contributed by atoms with E-state index in [1.54, 1.807) is 38.1 Å². The van der Waals surface area contributed by atoms with E-state index in [2.05, 4.69) is 10.3 Å². The maximum atomic E-state index is 13.1. The Morgan fingerprint density at radius 3 is 2.67 bits per heavy atom. The molecule has 9 heteroatoms. The van der Waals surface area contributed by atoms with E-state index in [9.17, 15) is 27.9 Å². The van der Waals surface area contributed by atoms with Gasteiger partial charge in [0.1, 0.15) is 11.4 Å².